The number of halogens is 1. The van der Waals surface area contributed by atoms with Crippen LogP contribution in [-0.4, -0.2) is 29.3 Å². The average molecular weight is 254 g/mol. The van der Waals surface area contributed by atoms with Crippen LogP contribution < -0.4 is 4.90 Å². The van der Waals surface area contributed by atoms with Gasteiger partial charge in [0.1, 0.15) is 17.3 Å². The molecule has 1 aromatic rings. The molecule has 4 nitrogen and oxygen atoms in total. The van der Waals surface area contributed by atoms with E-state index in [0.29, 0.717) is 11.4 Å². The van der Waals surface area contributed by atoms with E-state index in [-0.39, 0.29) is 5.15 Å². The number of rotatable bonds is 2. The smallest absolute Gasteiger partial charge is 0.156 e. The molecule has 2 heterocycles. The standard InChI is InChI=1S/C12H16ClN3O/c13-11-10(8-17)12(15-9-14-11)16-6-4-2-1-3-5-7-16/h8-9H,1-7H2. The van der Waals surface area contributed by atoms with Crippen LogP contribution in [0.3, 0.4) is 0 Å². The van der Waals surface area contributed by atoms with Gasteiger partial charge in [-0.25, -0.2) is 9.97 Å². The van der Waals surface area contributed by atoms with Crippen molar-refractivity contribution in [3.05, 3.63) is 17.0 Å². The highest BCUT2D eigenvalue weighted by Gasteiger charge is 2.16. The number of aromatic nitrogens is 2. The van der Waals surface area contributed by atoms with Crippen LogP contribution in [0.4, 0.5) is 5.82 Å². The monoisotopic (exact) mass is 253 g/mol. The number of carbonyl (C=O) groups is 1. The predicted molar refractivity (Wildman–Crippen MR) is 67.7 cm³/mol. The van der Waals surface area contributed by atoms with E-state index >= 15 is 0 Å². The fraction of sp³-hybridized carbons (Fsp3) is 0.583. The van der Waals surface area contributed by atoms with E-state index < -0.39 is 0 Å². The molecular formula is C12H16ClN3O. The fourth-order valence-electron chi connectivity index (χ4n) is 2.18. The van der Waals surface area contributed by atoms with Crippen molar-refractivity contribution >= 4 is 23.7 Å². The molecule has 92 valence electrons. The number of carbonyl (C=O) groups excluding carboxylic acids is 1. The first kappa shape index (κ1) is 12.3. The fourth-order valence-corrected chi connectivity index (χ4v) is 2.35. The first-order valence-electron chi connectivity index (χ1n) is 6.03. The van der Waals surface area contributed by atoms with Crippen LogP contribution in [0.15, 0.2) is 6.33 Å². The minimum Gasteiger partial charge on any atom is -0.356 e. The molecule has 0 aliphatic carbocycles. The molecule has 1 aromatic heterocycles. The van der Waals surface area contributed by atoms with Gasteiger partial charge in [0.25, 0.3) is 0 Å². The van der Waals surface area contributed by atoms with Crippen molar-refractivity contribution in [2.75, 3.05) is 18.0 Å². The third kappa shape index (κ3) is 2.94. The molecule has 0 amide bonds. The molecule has 2 rings (SSSR count). The number of hydrogen-bond donors (Lipinski definition) is 0. The summed E-state index contributed by atoms with van der Waals surface area (Å²) in [7, 11) is 0. The molecule has 1 aliphatic rings. The maximum absolute atomic E-state index is 11.1. The lowest BCUT2D eigenvalue weighted by atomic mass is 10.1. The van der Waals surface area contributed by atoms with Gasteiger partial charge in [-0.1, -0.05) is 30.9 Å². The van der Waals surface area contributed by atoms with Gasteiger partial charge in [0.2, 0.25) is 0 Å². The van der Waals surface area contributed by atoms with Gasteiger partial charge in [-0.3, -0.25) is 4.79 Å². The van der Waals surface area contributed by atoms with Gasteiger partial charge in [-0.05, 0) is 12.8 Å². The van der Waals surface area contributed by atoms with Crippen LogP contribution >= 0.6 is 11.6 Å². The van der Waals surface area contributed by atoms with E-state index in [1.807, 2.05) is 0 Å². The van der Waals surface area contributed by atoms with Crippen molar-refractivity contribution in [2.24, 2.45) is 0 Å². The lowest BCUT2D eigenvalue weighted by molar-refractivity contribution is 0.112. The van der Waals surface area contributed by atoms with E-state index in [9.17, 15) is 4.79 Å². The summed E-state index contributed by atoms with van der Waals surface area (Å²) in [6.07, 6.45) is 8.23. The third-order valence-electron chi connectivity index (χ3n) is 3.09. The lowest BCUT2D eigenvalue weighted by Gasteiger charge is -2.26. The molecule has 0 spiro atoms. The molecule has 1 aliphatic heterocycles. The first-order valence-corrected chi connectivity index (χ1v) is 6.41. The van der Waals surface area contributed by atoms with Gasteiger partial charge in [-0.2, -0.15) is 0 Å². The molecule has 0 bridgehead atoms. The van der Waals surface area contributed by atoms with Crippen LogP contribution in [0.2, 0.25) is 5.15 Å². The van der Waals surface area contributed by atoms with E-state index in [4.69, 9.17) is 11.6 Å². The number of nitrogens with zero attached hydrogens (tertiary/aromatic N) is 3. The van der Waals surface area contributed by atoms with Crippen LogP contribution in [0.1, 0.15) is 42.5 Å². The molecule has 0 unspecified atom stereocenters. The molecule has 0 atom stereocenters. The lowest BCUT2D eigenvalue weighted by Crippen LogP contribution is -2.29. The minimum atomic E-state index is 0.243. The summed E-state index contributed by atoms with van der Waals surface area (Å²) in [5.41, 5.74) is 0.412. The van der Waals surface area contributed by atoms with Crippen molar-refractivity contribution in [3.8, 4) is 0 Å². The Balaban J connectivity index is 2.24. The Morgan fingerprint density at radius 2 is 1.76 bits per heavy atom. The zero-order valence-electron chi connectivity index (χ0n) is 9.73. The summed E-state index contributed by atoms with van der Waals surface area (Å²) in [4.78, 5) is 21.3. The molecule has 5 heteroatoms. The maximum Gasteiger partial charge on any atom is 0.156 e. The summed E-state index contributed by atoms with van der Waals surface area (Å²) in [5, 5.41) is 0.243. The molecule has 1 saturated heterocycles. The van der Waals surface area contributed by atoms with Crippen molar-refractivity contribution in [3.63, 3.8) is 0 Å². The highest BCUT2D eigenvalue weighted by atomic mass is 35.5. The van der Waals surface area contributed by atoms with Crippen molar-refractivity contribution in [2.45, 2.75) is 32.1 Å². The zero-order chi connectivity index (χ0) is 12.1. The number of aldehydes is 1. The van der Waals surface area contributed by atoms with E-state index in [1.54, 1.807) is 0 Å². The first-order chi connectivity index (χ1) is 8.33. The Morgan fingerprint density at radius 3 is 2.41 bits per heavy atom. The molecule has 0 radical (unpaired) electrons. The predicted octanol–water partition coefficient (Wildman–Crippen LogP) is 2.71. The van der Waals surface area contributed by atoms with Crippen molar-refractivity contribution in [1.82, 2.24) is 9.97 Å². The highest BCUT2D eigenvalue weighted by Crippen LogP contribution is 2.23. The normalized spacial score (nSPS) is 17.4. The molecule has 0 aromatic carbocycles. The van der Waals surface area contributed by atoms with Crippen LogP contribution in [0.25, 0.3) is 0 Å². The summed E-state index contributed by atoms with van der Waals surface area (Å²) in [5.74, 6) is 0.682. The molecule has 0 N–H and O–H groups in total. The zero-order valence-corrected chi connectivity index (χ0v) is 10.5. The van der Waals surface area contributed by atoms with Crippen LogP contribution in [-0.2, 0) is 0 Å². The molecule has 0 saturated carbocycles. The number of anilines is 1. The summed E-state index contributed by atoms with van der Waals surface area (Å²) < 4.78 is 0. The second kappa shape index (κ2) is 5.96. The quantitative estimate of drug-likeness (QED) is 0.601. The molecule has 1 fully saturated rings. The van der Waals surface area contributed by atoms with Gasteiger partial charge in [0.05, 0.1) is 5.56 Å². The summed E-state index contributed by atoms with van der Waals surface area (Å²) >= 11 is 5.91. The van der Waals surface area contributed by atoms with E-state index in [1.165, 1.54) is 25.6 Å². The van der Waals surface area contributed by atoms with Crippen molar-refractivity contribution < 1.29 is 4.79 Å². The van der Waals surface area contributed by atoms with Crippen molar-refractivity contribution in [1.29, 1.82) is 0 Å². The third-order valence-corrected chi connectivity index (χ3v) is 3.39. The summed E-state index contributed by atoms with van der Waals surface area (Å²) in [6, 6.07) is 0. The Morgan fingerprint density at radius 1 is 1.12 bits per heavy atom. The maximum atomic E-state index is 11.1. The van der Waals surface area contributed by atoms with Gasteiger partial charge in [0.15, 0.2) is 6.29 Å². The van der Waals surface area contributed by atoms with Crippen LogP contribution in [0, 0.1) is 0 Å². The second-order valence-corrected chi connectivity index (χ2v) is 4.63. The Kier molecular flexibility index (Phi) is 4.31. The Bertz CT molecular complexity index is 389. The largest absolute Gasteiger partial charge is 0.356 e. The number of hydrogen-bond acceptors (Lipinski definition) is 4. The SMILES string of the molecule is O=Cc1c(Cl)ncnc1N1CCCCCCC1. The van der Waals surface area contributed by atoms with Gasteiger partial charge >= 0.3 is 0 Å². The topological polar surface area (TPSA) is 46.1 Å². The van der Waals surface area contributed by atoms with Crippen LogP contribution in [0.5, 0.6) is 0 Å². The van der Waals surface area contributed by atoms with Gasteiger partial charge in [-0.15, -0.1) is 0 Å². The van der Waals surface area contributed by atoms with Gasteiger partial charge < -0.3 is 4.90 Å². The molecular weight excluding hydrogens is 238 g/mol. The minimum absolute atomic E-state index is 0.243. The summed E-state index contributed by atoms with van der Waals surface area (Å²) in [6.45, 7) is 1.88. The molecule has 17 heavy (non-hydrogen) atoms. The highest BCUT2D eigenvalue weighted by molar-refractivity contribution is 6.32. The second-order valence-electron chi connectivity index (χ2n) is 4.27. The van der Waals surface area contributed by atoms with E-state index in [0.717, 1.165) is 32.2 Å². The Hall–Kier alpha value is -1.16. The van der Waals surface area contributed by atoms with Gasteiger partial charge in [0, 0.05) is 13.1 Å². The van der Waals surface area contributed by atoms with E-state index in [2.05, 4.69) is 14.9 Å². The average Bonchev–Trinajstić information content (AvgIpc) is 2.28. The Labute approximate surface area is 106 Å².